The lowest BCUT2D eigenvalue weighted by molar-refractivity contribution is -0.120. The minimum Gasteiger partial charge on any atom is -0.339 e. The highest BCUT2D eigenvalue weighted by molar-refractivity contribution is 5.97. The summed E-state index contributed by atoms with van der Waals surface area (Å²) in [6, 6.07) is 8.27. The first kappa shape index (κ1) is 22.7. The number of rotatable bonds is 8. The number of nitrogens with zero attached hydrogens (tertiary/aromatic N) is 5. The van der Waals surface area contributed by atoms with Crippen LogP contribution in [-0.4, -0.2) is 31.4 Å². The summed E-state index contributed by atoms with van der Waals surface area (Å²) in [6.07, 6.45) is 3.48. The zero-order valence-corrected chi connectivity index (χ0v) is 19.5. The molecule has 1 aromatic carbocycles. The summed E-state index contributed by atoms with van der Waals surface area (Å²) in [5.41, 5.74) is 0.934. The van der Waals surface area contributed by atoms with Gasteiger partial charge in [0.2, 0.25) is 11.8 Å². The number of benzene rings is 1. The van der Waals surface area contributed by atoms with Gasteiger partial charge in [-0.25, -0.2) is 4.98 Å². The second kappa shape index (κ2) is 8.58. The van der Waals surface area contributed by atoms with Crippen LogP contribution < -0.4 is 10.9 Å². The molecule has 2 saturated carbocycles. The first-order valence-electron chi connectivity index (χ1n) is 11.5. The number of aromatic nitrogens is 4. The van der Waals surface area contributed by atoms with Crippen molar-refractivity contribution < 1.29 is 14.1 Å². The zero-order chi connectivity index (χ0) is 24.7. The van der Waals surface area contributed by atoms with E-state index in [1.165, 1.54) is 10.6 Å². The summed E-state index contributed by atoms with van der Waals surface area (Å²) in [5.74, 6) is 1.14. The number of hydrogen-bond donors (Lipinski definition) is 1. The molecule has 10 heteroatoms. The second-order valence-corrected chi connectivity index (χ2v) is 9.39. The van der Waals surface area contributed by atoms with Crippen molar-refractivity contribution in [1.29, 1.82) is 5.26 Å². The van der Waals surface area contributed by atoms with Crippen molar-refractivity contribution >= 4 is 17.4 Å². The summed E-state index contributed by atoms with van der Waals surface area (Å²) >= 11 is 0. The third kappa shape index (κ3) is 4.62. The van der Waals surface area contributed by atoms with E-state index in [0.29, 0.717) is 40.0 Å². The topological polar surface area (TPSA) is 144 Å². The zero-order valence-electron chi connectivity index (χ0n) is 19.5. The fraction of sp³-hybridized carbons (Fsp3) is 0.400. The first-order chi connectivity index (χ1) is 16.8. The Hall–Kier alpha value is -4.13. The molecule has 178 valence electrons. The third-order valence-electron chi connectivity index (χ3n) is 6.53. The average molecular weight is 473 g/mol. The van der Waals surface area contributed by atoms with Gasteiger partial charge in [-0.2, -0.15) is 10.2 Å². The Bertz CT molecular complexity index is 1440. The van der Waals surface area contributed by atoms with Crippen molar-refractivity contribution in [2.24, 2.45) is 5.92 Å². The van der Waals surface area contributed by atoms with Crippen LogP contribution in [0.4, 0.5) is 5.69 Å². The Morgan fingerprint density at radius 1 is 1.23 bits per heavy atom. The van der Waals surface area contributed by atoms with Crippen molar-refractivity contribution in [3.63, 3.8) is 0 Å². The van der Waals surface area contributed by atoms with E-state index < -0.39 is 5.41 Å². The van der Waals surface area contributed by atoms with E-state index in [9.17, 15) is 19.6 Å². The van der Waals surface area contributed by atoms with Crippen molar-refractivity contribution in [3.05, 3.63) is 57.7 Å². The van der Waals surface area contributed by atoms with Crippen LogP contribution in [0.3, 0.4) is 0 Å². The maximum absolute atomic E-state index is 13.0. The van der Waals surface area contributed by atoms with Crippen molar-refractivity contribution in [2.75, 3.05) is 5.32 Å². The molecule has 5 rings (SSSR count). The van der Waals surface area contributed by atoms with E-state index in [0.717, 1.165) is 25.7 Å². The summed E-state index contributed by atoms with van der Waals surface area (Å²) < 4.78 is 6.62. The average Bonchev–Trinajstić information content (AvgIpc) is 3.75. The summed E-state index contributed by atoms with van der Waals surface area (Å²) in [7, 11) is 0. The van der Waals surface area contributed by atoms with Gasteiger partial charge >= 0.3 is 0 Å². The van der Waals surface area contributed by atoms with Crippen molar-refractivity contribution in [2.45, 2.75) is 57.9 Å². The van der Waals surface area contributed by atoms with Gasteiger partial charge in [-0.3, -0.25) is 19.0 Å². The molecular formula is C25H24N6O4. The van der Waals surface area contributed by atoms with E-state index in [-0.39, 0.29) is 36.1 Å². The van der Waals surface area contributed by atoms with Gasteiger partial charge in [-0.1, -0.05) is 5.16 Å². The largest absolute Gasteiger partial charge is 0.339 e. The Morgan fingerprint density at radius 2 is 2.00 bits per heavy atom. The highest BCUT2D eigenvalue weighted by atomic mass is 16.5. The van der Waals surface area contributed by atoms with E-state index in [4.69, 9.17) is 4.52 Å². The number of amides is 1. The van der Waals surface area contributed by atoms with Gasteiger partial charge in [0.25, 0.3) is 5.56 Å². The molecule has 2 heterocycles. The summed E-state index contributed by atoms with van der Waals surface area (Å²) in [5, 5.41) is 16.0. The Labute approximate surface area is 201 Å². The van der Waals surface area contributed by atoms with Crippen LogP contribution in [0.25, 0.3) is 11.3 Å². The molecule has 0 spiro atoms. The molecule has 0 bridgehead atoms. The van der Waals surface area contributed by atoms with Crippen LogP contribution in [0.15, 0.2) is 33.6 Å². The number of nitriles is 1. The Balaban J connectivity index is 1.38. The van der Waals surface area contributed by atoms with E-state index in [1.54, 1.807) is 32.0 Å². The number of carbonyl (C=O) groups is 2. The van der Waals surface area contributed by atoms with Crippen molar-refractivity contribution in [1.82, 2.24) is 19.7 Å². The molecule has 0 atom stereocenters. The molecule has 35 heavy (non-hydrogen) atoms. The van der Waals surface area contributed by atoms with Crippen LogP contribution in [0, 0.1) is 31.1 Å². The maximum atomic E-state index is 13.0. The van der Waals surface area contributed by atoms with Crippen molar-refractivity contribution in [3.8, 4) is 17.3 Å². The van der Waals surface area contributed by atoms with Gasteiger partial charge < -0.3 is 9.84 Å². The molecule has 3 aromatic rings. The number of ketones is 1. The first-order valence-corrected chi connectivity index (χ1v) is 11.5. The van der Waals surface area contributed by atoms with Crippen LogP contribution in [0.2, 0.25) is 0 Å². The van der Waals surface area contributed by atoms with E-state index >= 15 is 0 Å². The molecule has 0 aliphatic heterocycles. The van der Waals surface area contributed by atoms with Crippen LogP contribution >= 0.6 is 0 Å². The highest BCUT2D eigenvalue weighted by Crippen LogP contribution is 2.50. The van der Waals surface area contributed by atoms with Crippen LogP contribution in [0.1, 0.15) is 55.2 Å². The van der Waals surface area contributed by atoms with Gasteiger partial charge in [0, 0.05) is 24.0 Å². The highest BCUT2D eigenvalue weighted by Gasteiger charge is 2.50. The third-order valence-corrected chi connectivity index (χ3v) is 6.53. The van der Waals surface area contributed by atoms with Gasteiger partial charge in [0.05, 0.1) is 35.0 Å². The summed E-state index contributed by atoms with van der Waals surface area (Å²) in [4.78, 5) is 47.0. The van der Waals surface area contributed by atoms with Gasteiger partial charge in [0.1, 0.15) is 5.82 Å². The quantitative estimate of drug-likeness (QED) is 0.527. The number of aryl methyl sites for hydroxylation is 2. The number of carbonyl (C=O) groups excluding carboxylic acids is 2. The molecule has 0 saturated heterocycles. The molecule has 1 N–H and O–H groups in total. The number of nitrogens with one attached hydrogen (secondary N) is 1. The summed E-state index contributed by atoms with van der Waals surface area (Å²) in [6.45, 7) is 3.29. The predicted molar refractivity (Wildman–Crippen MR) is 124 cm³/mol. The lowest BCUT2D eigenvalue weighted by atomic mass is 9.99. The Morgan fingerprint density at radius 3 is 2.60 bits per heavy atom. The lowest BCUT2D eigenvalue weighted by Crippen LogP contribution is -2.28. The lowest BCUT2D eigenvalue weighted by Gasteiger charge is -2.15. The van der Waals surface area contributed by atoms with Gasteiger partial charge in [0.15, 0.2) is 11.6 Å². The molecule has 2 aromatic heterocycles. The van der Waals surface area contributed by atoms with Crippen LogP contribution in [-0.2, 0) is 21.5 Å². The normalized spacial score (nSPS) is 15.9. The minimum absolute atomic E-state index is 0.0202. The predicted octanol–water partition coefficient (Wildman–Crippen LogP) is 2.82. The van der Waals surface area contributed by atoms with Gasteiger partial charge in [-0.05, 0) is 57.7 Å². The molecule has 10 nitrogen and oxygen atoms in total. The molecular weight excluding hydrogens is 448 g/mol. The standard InChI is InChI=1S/C25H24N6O4/c1-14-27-24(35-30-14)25(7-8-25)11-18(32)13-31-15(2)28-21(10-22(31)33)19-6-3-16(12-26)9-20(19)29-23(34)17-4-5-17/h3,6,9-10,17H,4-5,7-8,11,13H2,1-2H3,(H,29,34). The number of anilines is 1. The van der Waals surface area contributed by atoms with Crippen LogP contribution in [0.5, 0.6) is 0 Å². The molecule has 1 amide bonds. The molecule has 2 aliphatic rings. The smallest absolute Gasteiger partial charge is 0.254 e. The fourth-order valence-corrected chi connectivity index (χ4v) is 4.21. The fourth-order valence-electron chi connectivity index (χ4n) is 4.21. The minimum atomic E-state index is -0.430. The molecule has 2 fully saturated rings. The van der Waals surface area contributed by atoms with Gasteiger partial charge in [-0.15, -0.1) is 0 Å². The maximum Gasteiger partial charge on any atom is 0.254 e. The van der Waals surface area contributed by atoms with E-state index in [1.807, 2.05) is 0 Å². The number of Topliss-reactive ketones (excluding diaryl/α,β-unsaturated/α-hetero) is 1. The van der Waals surface area contributed by atoms with E-state index in [2.05, 4.69) is 26.5 Å². The molecule has 0 radical (unpaired) electrons. The monoisotopic (exact) mass is 472 g/mol. The Kier molecular flexibility index (Phi) is 5.55. The number of hydrogen-bond acceptors (Lipinski definition) is 8. The SMILES string of the molecule is Cc1noc(C2(CC(=O)Cn3c(C)nc(-c4ccc(C#N)cc4NC(=O)C4CC4)cc3=O)CC2)n1. The molecule has 0 unspecified atom stereocenters. The molecule has 2 aliphatic carbocycles. The second-order valence-electron chi connectivity index (χ2n) is 9.39.